The molecule has 1 atom stereocenters. The van der Waals surface area contributed by atoms with Gasteiger partial charge in [0.2, 0.25) is 10.0 Å². The van der Waals surface area contributed by atoms with Crippen LogP contribution in [0.5, 0.6) is 11.5 Å². The van der Waals surface area contributed by atoms with Gasteiger partial charge in [-0.25, -0.2) is 13.6 Å². The maximum absolute atomic E-state index is 11.9. The molecule has 0 spiro atoms. The third kappa shape index (κ3) is 4.80. The van der Waals surface area contributed by atoms with Crippen LogP contribution in [0.25, 0.3) is 0 Å². The van der Waals surface area contributed by atoms with E-state index in [2.05, 4.69) is 6.58 Å². The molecule has 130 valence electrons. The van der Waals surface area contributed by atoms with Crippen molar-refractivity contribution < 1.29 is 18.6 Å². The summed E-state index contributed by atoms with van der Waals surface area (Å²) in [6.07, 6.45) is 1.96. The molecular weight excluding hydrogens is 330 g/mol. The predicted molar refractivity (Wildman–Crippen MR) is 94.2 cm³/mol. The van der Waals surface area contributed by atoms with Gasteiger partial charge in [-0.15, -0.1) is 6.58 Å². The maximum atomic E-state index is 11.9. The van der Waals surface area contributed by atoms with E-state index in [9.17, 15) is 8.42 Å². The first kappa shape index (κ1) is 19.7. The van der Waals surface area contributed by atoms with Gasteiger partial charge in [-0.1, -0.05) is 24.3 Å². The summed E-state index contributed by atoms with van der Waals surface area (Å²) < 4.78 is 29.4. The number of nitrogen functional groups attached to an aromatic ring is 1. The molecule has 0 aliphatic rings. The molecule has 0 amide bonds. The van der Waals surface area contributed by atoms with Gasteiger partial charge in [0.25, 0.3) is 0 Å². The number of sulfonamides is 1. The summed E-state index contributed by atoms with van der Waals surface area (Å²) in [5, 5.41) is 5.30. The number of hydrogen-bond donors (Lipinski definition) is 3. The standard InChI is InChI=1S/C16H19N3O3S.H2O/c1-2-12(17)8-11-9-14(18)16(15(10-11)23(19,20)21)22-13-6-4-3-5-7-13;/h2-7,9-10,12H,1,8,17-18H2,(H2,19,20,21);1H2. The molecule has 0 saturated heterocycles. The Labute approximate surface area is 141 Å². The summed E-state index contributed by atoms with van der Waals surface area (Å²) in [5.74, 6) is 0.467. The van der Waals surface area contributed by atoms with Gasteiger partial charge in [-0.3, -0.25) is 0 Å². The lowest BCUT2D eigenvalue weighted by Crippen LogP contribution is -2.20. The Morgan fingerprint density at radius 2 is 1.83 bits per heavy atom. The van der Waals surface area contributed by atoms with E-state index in [0.717, 1.165) is 0 Å². The second kappa shape index (κ2) is 7.93. The van der Waals surface area contributed by atoms with Gasteiger partial charge in [-0.05, 0) is 36.2 Å². The Hall–Kier alpha value is -2.39. The number of ether oxygens (including phenoxy) is 1. The van der Waals surface area contributed by atoms with Crippen molar-refractivity contribution in [3.05, 3.63) is 60.7 Å². The highest BCUT2D eigenvalue weighted by Gasteiger charge is 2.20. The fraction of sp³-hybridized carbons (Fsp3) is 0.125. The molecule has 2 aromatic rings. The quantitative estimate of drug-likeness (QED) is 0.522. The lowest BCUT2D eigenvalue weighted by Gasteiger charge is -2.15. The zero-order valence-electron chi connectivity index (χ0n) is 13.0. The molecule has 2 rings (SSSR count). The molecule has 7 nitrogen and oxygen atoms in total. The highest BCUT2D eigenvalue weighted by Crippen LogP contribution is 2.35. The molecule has 0 radical (unpaired) electrons. The van der Waals surface area contributed by atoms with Crippen molar-refractivity contribution in [2.45, 2.75) is 17.4 Å². The van der Waals surface area contributed by atoms with Crippen molar-refractivity contribution in [2.24, 2.45) is 10.9 Å². The second-order valence-electron chi connectivity index (χ2n) is 5.08. The number of anilines is 1. The predicted octanol–water partition coefficient (Wildman–Crippen LogP) is 0.940. The molecule has 0 aliphatic heterocycles. The third-order valence-corrected chi connectivity index (χ3v) is 4.10. The van der Waals surface area contributed by atoms with E-state index in [4.69, 9.17) is 21.3 Å². The lowest BCUT2D eigenvalue weighted by molar-refractivity contribution is 0.469. The van der Waals surface area contributed by atoms with Crippen molar-refractivity contribution in [2.75, 3.05) is 5.73 Å². The molecule has 0 aliphatic carbocycles. The minimum absolute atomic E-state index is 0. The second-order valence-corrected chi connectivity index (χ2v) is 6.61. The molecule has 0 bridgehead atoms. The molecule has 0 aromatic heterocycles. The van der Waals surface area contributed by atoms with Crippen LogP contribution in [0.1, 0.15) is 5.56 Å². The summed E-state index contributed by atoms with van der Waals surface area (Å²) in [6.45, 7) is 3.60. The van der Waals surface area contributed by atoms with E-state index in [-0.39, 0.29) is 27.9 Å². The Morgan fingerprint density at radius 1 is 1.21 bits per heavy atom. The molecule has 0 saturated carbocycles. The number of rotatable bonds is 6. The van der Waals surface area contributed by atoms with Crippen molar-refractivity contribution in [3.63, 3.8) is 0 Å². The Bertz CT molecular complexity index is 808. The average Bonchev–Trinajstić information content (AvgIpc) is 2.49. The lowest BCUT2D eigenvalue weighted by atomic mass is 10.1. The van der Waals surface area contributed by atoms with Gasteiger partial charge in [0.15, 0.2) is 5.75 Å². The van der Waals surface area contributed by atoms with Crippen molar-refractivity contribution in [3.8, 4) is 11.5 Å². The van der Waals surface area contributed by atoms with Gasteiger partial charge in [-0.2, -0.15) is 0 Å². The monoisotopic (exact) mass is 351 g/mol. The topological polar surface area (TPSA) is 153 Å². The molecule has 8 heteroatoms. The number of para-hydroxylation sites is 1. The fourth-order valence-corrected chi connectivity index (χ4v) is 2.82. The smallest absolute Gasteiger partial charge is 0.241 e. The summed E-state index contributed by atoms with van der Waals surface area (Å²) in [6, 6.07) is 11.4. The normalized spacial score (nSPS) is 12.1. The average molecular weight is 351 g/mol. The van der Waals surface area contributed by atoms with E-state index in [1.165, 1.54) is 6.07 Å². The number of hydrogen-bond acceptors (Lipinski definition) is 5. The summed E-state index contributed by atoms with van der Waals surface area (Å²) in [5.41, 5.74) is 12.6. The Morgan fingerprint density at radius 3 is 2.38 bits per heavy atom. The van der Waals surface area contributed by atoms with Crippen molar-refractivity contribution in [1.29, 1.82) is 0 Å². The summed E-state index contributed by atoms with van der Waals surface area (Å²) in [7, 11) is -4.01. The van der Waals surface area contributed by atoms with E-state index in [0.29, 0.717) is 17.7 Å². The van der Waals surface area contributed by atoms with Gasteiger partial charge in [0, 0.05) is 6.04 Å². The zero-order chi connectivity index (χ0) is 17.0. The highest BCUT2D eigenvalue weighted by molar-refractivity contribution is 7.89. The first-order valence-electron chi connectivity index (χ1n) is 6.87. The fourth-order valence-electron chi connectivity index (χ4n) is 2.08. The number of nitrogens with two attached hydrogens (primary N) is 3. The van der Waals surface area contributed by atoms with Crippen LogP contribution in [0.15, 0.2) is 60.0 Å². The van der Waals surface area contributed by atoms with E-state index >= 15 is 0 Å². The molecule has 2 aromatic carbocycles. The first-order chi connectivity index (χ1) is 10.8. The van der Waals surface area contributed by atoms with E-state index < -0.39 is 10.0 Å². The zero-order valence-corrected chi connectivity index (χ0v) is 13.8. The molecule has 0 fully saturated rings. The van der Waals surface area contributed by atoms with Gasteiger partial charge in [0.05, 0.1) is 5.69 Å². The molecule has 0 heterocycles. The first-order valence-corrected chi connectivity index (χ1v) is 8.42. The molecular formula is C16H21N3O4S. The van der Waals surface area contributed by atoms with Crippen LogP contribution >= 0.6 is 0 Å². The van der Waals surface area contributed by atoms with Crippen LogP contribution in [-0.4, -0.2) is 19.9 Å². The third-order valence-electron chi connectivity index (χ3n) is 3.19. The van der Waals surface area contributed by atoms with E-state index in [1.54, 1.807) is 36.4 Å². The molecule has 8 N–H and O–H groups in total. The largest absolute Gasteiger partial charge is 0.454 e. The Kier molecular flexibility index (Phi) is 6.50. The van der Waals surface area contributed by atoms with Crippen LogP contribution in [0.2, 0.25) is 0 Å². The Balaban J connectivity index is 0.00000288. The van der Waals surface area contributed by atoms with Crippen LogP contribution in [0.3, 0.4) is 0 Å². The number of primary sulfonamides is 1. The van der Waals surface area contributed by atoms with Crippen LogP contribution < -0.4 is 21.3 Å². The number of benzene rings is 2. The SMILES string of the molecule is C=CC(N)Cc1cc(N)c(Oc2ccccc2)c(S(N)(=O)=O)c1.O. The minimum Gasteiger partial charge on any atom is -0.454 e. The van der Waals surface area contributed by atoms with Gasteiger partial charge in [0.1, 0.15) is 10.6 Å². The van der Waals surface area contributed by atoms with Crippen LogP contribution in [-0.2, 0) is 16.4 Å². The van der Waals surface area contributed by atoms with E-state index in [1.807, 2.05) is 6.07 Å². The maximum Gasteiger partial charge on any atom is 0.241 e. The highest BCUT2D eigenvalue weighted by atomic mass is 32.2. The molecule has 24 heavy (non-hydrogen) atoms. The van der Waals surface area contributed by atoms with Crippen molar-refractivity contribution >= 4 is 15.7 Å². The van der Waals surface area contributed by atoms with Gasteiger partial charge < -0.3 is 21.7 Å². The van der Waals surface area contributed by atoms with Crippen LogP contribution in [0, 0.1) is 0 Å². The van der Waals surface area contributed by atoms with Crippen LogP contribution in [0.4, 0.5) is 5.69 Å². The summed E-state index contributed by atoms with van der Waals surface area (Å²) in [4.78, 5) is -0.174. The van der Waals surface area contributed by atoms with Crippen molar-refractivity contribution in [1.82, 2.24) is 0 Å². The van der Waals surface area contributed by atoms with Gasteiger partial charge >= 0.3 is 0 Å². The minimum atomic E-state index is -4.01. The molecule has 1 unspecified atom stereocenters. The summed E-state index contributed by atoms with van der Waals surface area (Å²) >= 11 is 0.